The Morgan fingerprint density at radius 2 is 1.73 bits per heavy atom. The smallest absolute Gasteiger partial charge is 0.166 e. The molecule has 0 spiro atoms. The monoisotopic (exact) mass is 416 g/mol. The zero-order valence-electron chi connectivity index (χ0n) is 18.8. The molecule has 1 heterocycles. The molecule has 166 valence electrons. The predicted octanol–water partition coefficient (Wildman–Crippen LogP) is 2.87. The Bertz CT molecular complexity index is 818. The lowest BCUT2D eigenvalue weighted by atomic mass is 9.39. The number of aliphatic hydroxyl groups is 1. The summed E-state index contributed by atoms with van der Waals surface area (Å²) in [5, 5.41) is 19.8. The molecule has 0 aromatic rings. The van der Waals surface area contributed by atoms with Gasteiger partial charge in [0.1, 0.15) is 11.4 Å². The normalized spacial score (nSPS) is 49.2. The number of hydrogen-bond donors (Lipinski definition) is 2. The van der Waals surface area contributed by atoms with Crippen LogP contribution in [0.25, 0.3) is 0 Å². The zero-order chi connectivity index (χ0) is 21.5. The van der Waals surface area contributed by atoms with Crippen molar-refractivity contribution >= 4 is 17.3 Å². The largest absolute Gasteiger partial charge is 0.390 e. The Morgan fingerprint density at radius 3 is 2.40 bits per heavy atom. The Morgan fingerprint density at radius 1 is 1.00 bits per heavy atom. The second kappa shape index (κ2) is 6.38. The second-order valence-corrected chi connectivity index (χ2v) is 11.6. The number of nitrogens with one attached hydrogen (secondary N) is 1. The molecule has 0 unspecified atom stereocenters. The van der Waals surface area contributed by atoms with E-state index in [1.54, 1.807) is 0 Å². The van der Waals surface area contributed by atoms with Gasteiger partial charge in [0.2, 0.25) is 0 Å². The molecule has 5 aliphatic rings. The first-order valence-electron chi connectivity index (χ1n) is 11.8. The first-order valence-corrected chi connectivity index (χ1v) is 11.8. The minimum Gasteiger partial charge on any atom is -0.390 e. The molecule has 2 N–H and O–H groups in total. The summed E-state index contributed by atoms with van der Waals surface area (Å²) < 4.78 is 0. The number of nitrogens with zero attached hydrogens (tertiary/aromatic N) is 1. The van der Waals surface area contributed by atoms with Gasteiger partial charge in [0.25, 0.3) is 0 Å². The number of oxime groups is 1. The van der Waals surface area contributed by atoms with Crippen LogP contribution in [0.1, 0.15) is 72.6 Å². The SMILES string of the molecule is CC1(C)/C(=N/OC2CNC2)CC[C@]2(C)[C@H]3CC[C@]4(C)C(=O)CC[C@H]4[C@@H]3CC(=O)[C@@]12O. The lowest BCUT2D eigenvalue weighted by Gasteiger charge is -2.65. The highest BCUT2D eigenvalue weighted by Crippen LogP contribution is 2.68. The van der Waals surface area contributed by atoms with Crippen molar-refractivity contribution in [1.82, 2.24) is 5.32 Å². The van der Waals surface area contributed by atoms with E-state index in [2.05, 4.69) is 24.3 Å². The Labute approximate surface area is 179 Å². The summed E-state index contributed by atoms with van der Waals surface area (Å²) in [6.45, 7) is 9.78. The van der Waals surface area contributed by atoms with Gasteiger partial charge in [0.05, 0.1) is 5.71 Å². The molecule has 6 atom stereocenters. The highest BCUT2D eigenvalue weighted by molar-refractivity contribution is 6.02. The third kappa shape index (κ3) is 2.35. The number of fused-ring (bicyclic) bond motifs is 5. The van der Waals surface area contributed by atoms with Crippen LogP contribution in [0.3, 0.4) is 0 Å². The Kier molecular flexibility index (Phi) is 4.39. The van der Waals surface area contributed by atoms with Gasteiger partial charge in [-0.1, -0.05) is 32.9 Å². The third-order valence-electron chi connectivity index (χ3n) is 10.2. The van der Waals surface area contributed by atoms with Crippen LogP contribution >= 0.6 is 0 Å². The molecule has 5 rings (SSSR count). The maximum Gasteiger partial charge on any atom is 0.166 e. The van der Waals surface area contributed by atoms with E-state index in [-0.39, 0.29) is 35.1 Å². The van der Waals surface area contributed by atoms with E-state index in [0.717, 1.165) is 50.9 Å². The van der Waals surface area contributed by atoms with E-state index in [4.69, 9.17) is 4.84 Å². The first-order chi connectivity index (χ1) is 14.1. The molecule has 6 nitrogen and oxygen atoms in total. The van der Waals surface area contributed by atoms with Crippen molar-refractivity contribution in [1.29, 1.82) is 0 Å². The van der Waals surface area contributed by atoms with Gasteiger partial charge in [-0.05, 0) is 49.9 Å². The standard InChI is InChI=1S/C24H36N2O4/c1-21(2)18(26-30-14-12-25-13-14)8-10-23(4)17-7-9-22(3)16(5-6-19(22)27)15(17)11-20(28)24(21,23)29/h14-17,25,29H,5-13H2,1-4H3/b26-18+/t15-,16-,17-,22-,23+,24+/m0/s1. The highest BCUT2D eigenvalue weighted by atomic mass is 16.6. The number of carbonyl (C=O) groups is 2. The summed E-state index contributed by atoms with van der Waals surface area (Å²) in [4.78, 5) is 32.1. The van der Waals surface area contributed by atoms with Gasteiger partial charge in [-0.2, -0.15) is 0 Å². The van der Waals surface area contributed by atoms with Gasteiger partial charge >= 0.3 is 0 Å². The van der Waals surface area contributed by atoms with E-state index < -0.39 is 16.4 Å². The maximum atomic E-state index is 13.7. The summed E-state index contributed by atoms with van der Waals surface area (Å²) in [6, 6.07) is 0. The van der Waals surface area contributed by atoms with Crippen LogP contribution in [-0.4, -0.2) is 47.2 Å². The molecule has 6 heteroatoms. The van der Waals surface area contributed by atoms with Crippen LogP contribution in [0.15, 0.2) is 5.16 Å². The van der Waals surface area contributed by atoms with Gasteiger partial charge in [-0.3, -0.25) is 9.59 Å². The average Bonchev–Trinajstić information content (AvgIpc) is 2.95. The fraction of sp³-hybridized carbons (Fsp3) is 0.875. The molecule has 0 aromatic heterocycles. The third-order valence-corrected chi connectivity index (χ3v) is 10.2. The van der Waals surface area contributed by atoms with Crippen molar-refractivity contribution in [3.05, 3.63) is 0 Å². The molecule has 0 radical (unpaired) electrons. The number of rotatable bonds is 2. The second-order valence-electron chi connectivity index (χ2n) is 11.6. The molecule has 0 bridgehead atoms. The minimum absolute atomic E-state index is 0.0578. The van der Waals surface area contributed by atoms with Crippen molar-refractivity contribution in [2.75, 3.05) is 13.1 Å². The fourth-order valence-electron chi connectivity index (χ4n) is 8.05. The van der Waals surface area contributed by atoms with Gasteiger partial charge < -0.3 is 15.3 Å². The molecule has 1 saturated heterocycles. The zero-order valence-corrected chi connectivity index (χ0v) is 18.8. The molecule has 5 fully saturated rings. The van der Waals surface area contributed by atoms with Crippen LogP contribution in [0.4, 0.5) is 0 Å². The van der Waals surface area contributed by atoms with Crippen molar-refractivity contribution in [2.24, 2.45) is 39.2 Å². The maximum absolute atomic E-state index is 13.7. The van der Waals surface area contributed by atoms with E-state index in [1.165, 1.54) is 0 Å². The number of carbonyl (C=O) groups excluding carboxylic acids is 2. The van der Waals surface area contributed by atoms with E-state index in [9.17, 15) is 14.7 Å². The first kappa shape index (κ1) is 20.6. The fourth-order valence-corrected chi connectivity index (χ4v) is 8.05. The quantitative estimate of drug-likeness (QED) is 0.676. The lowest BCUT2D eigenvalue weighted by Crippen LogP contribution is -2.73. The van der Waals surface area contributed by atoms with Crippen molar-refractivity contribution < 1.29 is 19.5 Å². The molecule has 0 aromatic carbocycles. The van der Waals surface area contributed by atoms with Crippen LogP contribution in [0.2, 0.25) is 0 Å². The average molecular weight is 417 g/mol. The molecular formula is C24H36N2O4. The number of Topliss-reactive ketones (excluding diaryl/α,β-unsaturated/α-hetero) is 2. The summed E-state index contributed by atoms with van der Waals surface area (Å²) in [7, 11) is 0. The number of hydrogen-bond acceptors (Lipinski definition) is 6. The summed E-state index contributed by atoms with van der Waals surface area (Å²) in [6.07, 6.45) is 5.30. The van der Waals surface area contributed by atoms with Crippen LogP contribution < -0.4 is 5.32 Å². The van der Waals surface area contributed by atoms with Crippen LogP contribution in [-0.2, 0) is 14.4 Å². The van der Waals surface area contributed by atoms with E-state index in [1.807, 2.05) is 13.8 Å². The topological polar surface area (TPSA) is 88.0 Å². The van der Waals surface area contributed by atoms with Crippen LogP contribution in [0.5, 0.6) is 0 Å². The van der Waals surface area contributed by atoms with Gasteiger partial charge in [-0.15, -0.1) is 0 Å². The summed E-state index contributed by atoms with van der Waals surface area (Å²) in [5.41, 5.74) is -2.19. The molecule has 30 heavy (non-hydrogen) atoms. The molecule has 1 aliphatic heterocycles. The lowest BCUT2D eigenvalue weighted by molar-refractivity contribution is -0.217. The molecule has 4 saturated carbocycles. The van der Waals surface area contributed by atoms with Crippen molar-refractivity contribution in [2.45, 2.75) is 84.3 Å². The Balaban J connectivity index is 1.50. The highest BCUT2D eigenvalue weighted by Gasteiger charge is 2.72. The molecule has 0 amide bonds. The minimum atomic E-state index is -1.45. The number of ketones is 2. The summed E-state index contributed by atoms with van der Waals surface area (Å²) >= 11 is 0. The van der Waals surface area contributed by atoms with E-state index >= 15 is 0 Å². The van der Waals surface area contributed by atoms with Crippen molar-refractivity contribution in [3.8, 4) is 0 Å². The van der Waals surface area contributed by atoms with Gasteiger partial charge in [0.15, 0.2) is 11.9 Å². The van der Waals surface area contributed by atoms with Gasteiger partial charge in [-0.25, -0.2) is 0 Å². The van der Waals surface area contributed by atoms with Gasteiger partial charge in [0, 0.05) is 42.2 Å². The summed E-state index contributed by atoms with van der Waals surface area (Å²) in [5.74, 6) is 1.07. The Hall–Kier alpha value is -1.27. The predicted molar refractivity (Wildman–Crippen MR) is 113 cm³/mol. The van der Waals surface area contributed by atoms with Crippen molar-refractivity contribution in [3.63, 3.8) is 0 Å². The molecule has 4 aliphatic carbocycles. The van der Waals surface area contributed by atoms with Crippen LogP contribution in [0, 0.1) is 34.0 Å². The van der Waals surface area contributed by atoms with E-state index in [0.29, 0.717) is 18.6 Å². The molecular weight excluding hydrogens is 380 g/mol.